The van der Waals surface area contributed by atoms with Gasteiger partial charge in [-0.25, -0.2) is 4.98 Å². The van der Waals surface area contributed by atoms with Crippen molar-refractivity contribution in [3.8, 4) is 0 Å². The van der Waals surface area contributed by atoms with Crippen molar-refractivity contribution in [1.29, 1.82) is 0 Å². The molecule has 1 atom stereocenters. The Balaban J connectivity index is 1.65. The van der Waals surface area contributed by atoms with E-state index in [-0.39, 0.29) is 5.41 Å². The Labute approximate surface area is 132 Å². The van der Waals surface area contributed by atoms with Crippen LogP contribution in [0, 0.1) is 0 Å². The third-order valence-electron chi connectivity index (χ3n) is 4.37. The molecule has 0 bridgehead atoms. The van der Waals surface area contributed by atoms with Crippen LogP contribution in [0.5, 0.6) is 0 Å². The van der Waals surface area contributed by atoms with Crippen LogP contribution >= 0.6 is 0 Å². The highest BCUT2D eigenvalue weighted by Gasteiger charge is 2.26. The number of imidazole rings is 1. The second kappa shape index (κ2) is 5.88. The molecule has 1 aliphatic rings. The van der Waals surface area contributed by atoms with Gasteiger partial charge in [0.25, 0.3) is 0 Å². The molecule has 1 aliphatic heterocycles. The average molecular weight is 301 g/mol. The summed E-state index contributed by atoms with van der Waals surface area (Å²) in [5, 5.41) is 7.78. The lowest BCUT2D eigenvalue weighted by atomic mass is 9.93. The van der Waals surface area contributed by atoms with Gasteiger partial charge in [-0.2, -0.15) is 5.10 Å². The fraction of sp³-hybridized carbons (Fsp3) is 0.647. The monoisotopic (exact) mass is 301 g/mol. The van der Waals surface area contributed by atoms with Crippen LogP contribution in [0.25, 0.3) is 0 Å². The van der Waals surface area contributed by atoms with E-state index in [1.54, 1.807) is 0 Å². The molecule has 22 heavy (non-hydrogen) atoms. The molecule has 120 valence electrons. The van der Waals surface area contributed by atoms with Crippen LogP contribution in [0.2, 0.25) is 0 Å². The number of fused-ring (bicyclic) bond motifs is 1. The molecular formula is C17H27N5. The van der Waals surface area contributed by atoms with Crippen molar-refractivity contribution in [2.75, 3.05) is 6.54 Å². The van der Waals surface area contributed by atoms with E-state index in [4.69, 9.17) is 4.98 Å². The minimum absolute atomic E-state index is 0.123. The Morgan fingerprint density at radius 3 is 2.82 bits per heavy atom. The molecule has 3 rings (SSSR count). The molecule has 5 heteroatoms. The molecule has 0 aliphatic carbocycles. The first-order chi connectivity index (χ1) is 10.4. The van der Waals surface area contributed by atoms with Gasteiger partial charge in [-0.05, 0) is 12.8 Å². The maximum absolute atomic E-state index is 4.94. The molecule has 0 amide bonds. The van der Waals surface area contributed by atoms with Crippen LogP contribution < -0.4 is 5.32 Å². The summed E-state index contributed by atoms with van der Waals surface area (Å²) in [6.07, 6.45) is 8.70. The largest absolute Gasteiger partial charge is 0.334 e. The van der Waals surface area contributed by atoms with Crippen LogP contribution in [-0.4, -0.2) is 25.9 Å². The summed E-state index contributed by atoms with van der Waals surface area (Å²) in [5.41, 5.74) is 2.57. The van der Waals surface area contributed by atoms with Crippen LogP contribution in [0.4, 0.5) is 0 Å². The van der Waals surface area contributed by atoms with Gasteiger partial charge >= 0.3 is 0 Å². The van der Waals surface area contributed by atoms with Gasteiger partial charge in [-0.3, -0.25) is 4.68 Å². The predicted octanol–water partition coefficient (Wildman–Crippen LogP) is 2.58. The fourth-order valence-corrected chi connectivity index (χ4v) is 3.08. The smallest absolute Gasteiger partial charge is 0.113 e. The summed E-state index contributed by atoms with van der Waals surface area (Å²) in [7, 11) is 1.95. The SMILES string of the molecule is Cn1cc(CNCC2CCCn3cc(C(C)(C)C)nc32)cn1. The van der Waals surface area contributed by atoms with E-state index in [9.17, 15) is 0 Å². The first-order valence-electron chi connectivity index (χ1n) is 8.19. The Bertz CT molecular complexity index is 632. The average Bonchev–Trinajstić information content (AvgIpc) is 3.05. The van der Waals surface area contributed by atoms with Gasteiger partial charge in [-0.15, -0.1) is 0 Å². The van der Waals surface area contributed by atoms with Gasteiger partial charge in [0.2, 0.25) is 0 Å². The number of nitrogens with one attached hydrogen (secondary N) is 1. The number of rotatable bonds is 4. The molecular weight excluding hydrogens is 274 g/mol. The van der Waals surface area contributed by atoms with E-state index in [0.29, 0.717) is 5.92 Å². The first-order valence-corrected chi connectivity index (χ1v) is 8.19. The lowest BCUT2D eigenvalue weighted by molar-refractivity contribution is 0.422. The van der Waals surface area contributed by atoms with Crippen LogP contribution in [0.3, 0.4) is 0 Å². The first kappa shape index (κ1) is 15.3. The third kappa shape index (κ3) is 3.24. The van der Waals surface area contributed by atoms with Crippen LogP contribution in [0.15, 0.2) is 18.6 Å². The van der Waals surface area contributed by atoms with E-state index in [2.05, 4.69) is 48.1 Å². The quantitative estimate of drug-likeness (QED) is 0.944. The van der Waals surface area contributed by atoms with E-state index >= 15 is 0 Å². The minimum atomic E-state index is 0.123. The highest BCUT2D eigenvalue weighted by Crippen LogP contribution is 2.30. The third-order valence-corrected chi connectivity index (χ3v) is 4.37. The molecule has 2 aromatic rings. The topological polar surface area (TPSA) is 47.7 Å². The summed E-state index contributed by atoms with van der Waals surface area (Å²) in [5.74, 6) is 1.77. The summed E-state index contributed by atoms with van der Waals surface area (Å²) >= 11 is 0. The Morgan fingerprint density at radius 1 is 1.32 bits per heavy atom. The number of hydrogen-bond acceptors (Lipinski definition) is 3. The molecule has 0 aromatic carbocycles. The second-order valence-electron chi connectivity index (χ2n) is 7.42. The van der Waals surface area contributed by atoms with Gasteiger partial charge < -0.3 is 9.88 Å². The van der Waals surface area contributed by atoms with Gasteiger partial charge in [0, 0.05) is 56.0 Å². The van der Waals surface area contributed by atoms with Crippen LogP contribution in [-0.2, 0) is 25.6 Å². The Morgan fingerprint density at radius 2 is 2.14 bits per heavy atom. The molecule has 3 heterocycles. The molecule has 0 spiro atoms. The standard InChI is InChI=1S/C17H27N5/c1-17(2,3)15-12-22-7-5-6-14(16(22)20-15)10-18-8-13-9-19-21(4)11-13/h9,11-12,14,18H,5-8,10H2,1-4H3. The summed E-state index contributed by atoms with van der Waals surface area (Å²) in [6.45, 7) is 9.66. The highest BCUT2D eigenvalue weighted by atomic mass is 15.2. The molecule has 5 nitrogen and oxygen atoms in total. The fourth-order valence-electron chi connectivity index (χ4n) is 3.08. The maximum atomic E-state index is 4.94. The van der Waals surface area contributed by atoms with E-state index in [1.807, 2.05) is 17.9 Å². The van der Waals surface area contributed by atoms with Crippen molar-refractivity contribution < 1.29 is 0 Å². The van der Waals surface area contributed by atoms with Crippen LogP contribution in [0.1, 0.15) is 56.6 Å². The van der Waals surface area contributed by atoms with Gasteiger partial charge in [-0.1, -0.05) is 20.8 Å². The number of nitrogens with zero attached hydrogens (tertiary/aromatic N) is 4. The van der Waals surface area contributed by atoms with E-state index in [1.165, 1.54) is 29.9 Å². The Kier molecular flexibility index (Phi) is 4.08. The molecule has 0 fully saturated rings. The zero-order chi connectivity index (χ0) is 15.7. The van der Waals surface area contributed by atoms with E-state index < -0.39 is 0 Å². The summed E-state index contributed by atoms with van der Waals surface area (Å²) in [4.78, 5) is 4.94. The highest BCUT2D eigenvalue weighted by molar-refractivity contribution is 5.17. The van der Waals surface area contributed by atoms with E-state index in [0.717, 1.165) is 19.6 Å². The molecule has 0 saturated heterocycles. The predicted molar refractivity (Wildman–Crippen MR) is 87.8 cm³/mol. The van der Waals surface area contributed by atoms with Crippen molar-refractivity contribution in [3.63, 3.8) is 0 Å². The minimum Gasteiger partial charge on any atom is -0.334 e. The van der Waals surface area contributed by atoms with Crippen molar-refractivity contribution >= 4 is 0 Å². The van der Waals surface area contributed by atoms with Gasteiger partial charge in [0.05, 0.1) is 11.9 Å². The van der Waals surface area contributed by atoms with Gasteiger partial charge in [0.15, 0.2) is 0 Å². The number of hydrogen-bond donors (Lipinski definition) is 1. The summed E-state index contributed by atoms with van der Waals surface area (Å²) < 4.78 is 4.21. The number of aryl methyl sites for hydroxylation is 2. The molecule has 2 aromatic heterocycles. The normalized spacial score (nSPS) is 18.5. The molecule has 1 N–H and O–H groups in total. The second-order valence-corrected chi connectivity index (χ2v) is 7.42. The van der Waals surface area contributed by atoms with Crippen molar-refractivity contribution in [2.45, 2.75) is 58.0 Å². The molecule has 1 unspecified atom stereocenters. The lowest BCUT2D eigenvalue weighted by Crippen LogP contribution is -2.26. The maximum Gasteiger partial charge on any atom is 0.113 e. The molecule has 0 saturated carbocycles. The zero-order valence-corrected chi connectivity index (χ0v) is 14.1. The van der Waals surface area contributed by atoms with Crippen molar-refractivity contribution in [2.24, 2.45) is 7.05 Å². The van der Waals surface area contributed by atoms with Gasteiger partial charge in [0.1, 0.15) is 5.82 Å². The van der Waals surface area contributed by atoms with Crippen molar-refractivity contribution in [1.82, 2.24) is 24.6 Å². The summed E-state index contributed by atoms with van der Waals surface area (Å²) in [6, 6.07) is 0. The molecule has 0 radical (unpaired) electrons. The van der Waals surface area contributed by atoms with Crippen molar-refractivity contribution in [3.05, 3.63) is 35.7 Å². The number of aromatic nitrogens is 4. The Hall–Kier alpha value is -1.62. The lowest BCUT2D eigenvalue weighted by Gasteiger charge is -2.23. The zero-order valence-electron chi connectivity index (χ0n) is 14.1.